The molecule has 0 atom stereocenters. The molecule has 0 aliphatic rings. The van der Waals surface area contributed by atoms with Gasteiger partial charge in [-0.3, -0.25) is 0 Å². The Bertz CT molecular complexity index is 458. The van der Waals surface area contributed by atoms with Crippen LogP contribution in [-0.4, -0.2) is 14.2 Å². The summed E-state index contributed by atoms with van der Waals surface area (Å²) in [5.41, 5.74) is 1.91. The Morgan fingerprint density at radius 2 is 1.75 bits per heavy atom. The highest BCUT2D eigenvalue weighted by atomic mass is 32.3. The predicted molar refractivity (Wildman–Crippen MR) is 63.7 cm³/mol. The number of halogens is 1. The summed E-state index contributed by atoms with van der Waals surface area (Å²) in [4.78, 5) is 0. The van der Waals surface area contributed by atoms with Crippen LogP contribution in [0.5, 0.6) is 0 Å². The lowest BCUT2D eigenvalue weighted by atomic mass is 9.83. The molecule has 0 radical (unpaired) electrons. The summed E-state index contributed by atoms with van der Waals surface area (Å²) >= 11 is 0. The summed E-state index contributed by atoms with van der Waals surface area (Å²) in [6.45, 7) is 6.15. The fourth-order valence-electron chi connectivity index (χ4n) is 1.70. The highest BCUT2D eigenvalue weighted by Gasteiger charge is 2.18. The molecule has 0 unspecified atom stereocenters. The number of hydrogen-bond donors (Lipinski definition) is 0. The van der Waals surface area contributed by atoms with Crippen molar-refractivity contribution in [1.82, 2.24) is 0 Å². The Balaban J connectivity index is 2.97. The Kier molecular flexibility index (Phi) is 3.73. The lowest BCUT2D eigenvalue weighted by Gasteiger charge is -2.22. The molecular formula is C12H17FO2S. The van der Waals surface area contributed by atoms with E-state index in [0.29, 0.717) is 0 Å². The van der Waals surface area contributed by atoms with Gasteiger partial charge >= 0.3 is 10.2 Å². The Labute approximate surface area is 96.7 Å². The van der Waals surface area contributed by atoms with Gasteiger partial charge in [-0.15, -0.1) is 3.89 Å². The maximum atomic E-state index is 12.5. The molecule has 1 aromatic carbocycles. The average molecular weight is 244 g/mol. The van der Waals surface area contributed by atoms with Gasteiger partial charge in [-0.05, 0) is 23.0 Å². The van der Waals surface area contributed by atoms with Gasteiger partial charge in [0.1, 0.15) is 0 Å². The Morgan fingerprint density at radius 3 is 2.25 bits per heavy atom. The zero-order valence-corrected chi connectivity index (χ0v) is 10.6. The molecule has 1 rings (SSSR count). The van der Waals surface area contributed by atoms with E-state index in [1.807, 2.05) is 24.3 Å². The van der Waals surface area contributed by atoms with Gasteiger partial charge in [0.2, 0.25) is 0 Å². The standard InChI is InChI=1S/C12H17FO2S/c1-12(2,3)11-7-5-4-6-10(11)8-9-16(13,14)15/h4-7H,8-9H2,1-3H3. The van der Waals surface area contributed by atoms with Crippen molar-refractivity contribution >= 4 is 10.2 Å². The zero-order valence-electron chi connectivity index (χ0n) is 9.83. The second-order valence-corrected chi connectivity index (χ2v) is 6.39. The van der Waals surface area contributed by atoms with E-state index < -0.39 is 16.0 Å². The summed E-state index contributed by atoms with van der Waals surface area (Å²) in [6.07, 6.45) is 0.228. The van der Waals surface area contributed by atoms with Gasteiger partial charge < -0.3 is 0 Å². The molecule has 0 bridgehead atoms. The molecule has 0 aliphatic carbocycles. The van der Waals surface area contributed by atoms with Gasteiger partial charge in [-0.2, -0.15) is 8.42 Å². The molecule has 0 N–H and O–H groups in total. The molecule has 90 valence electrons. The summed E-state index contributed by atoms with van der Waals surface area (Å²) in [5, 5.41) is 0. The molecule has 16 heavy (non-hydrogen) atoms. The average Bonchev–Trinajstić information content (AvgIpc) is 2.12. The van der Waals surface area contributed by atoms with Crippen LogP contribution >= 0.6 is 0 Å². The third-order valence-corrected chi connectivity index (χ3v) is 3.13. The smallest absolute Gasteiger partial charge is 0.195 e. The van der Waals surface area contributed by atoms with Crippen LogP contribution in [-0.2, 0) is 22.1 Å². The van der Waals surface area contributed by atoms with Crippen LogP contribution < -0.4 is 0 Å². The molecule has 0 saturated carbocycles. The minimum Gasteiger partial charge on any atom is -0.195 e. The molecule has 4 heteroatoms. The van der Waals surface area contributed by atoms with E-state index in [-0.39, 0.29) is 11.8 Å². The van der Waals surface area contributed by atoms with Crippen molar-refractivity contribution in [2.24, 2.45) is 0 Å². The van der Waals surface area contributed by atoms with Crippen LogP contribution in [0.25, 0.3) is 0 Å². The number of benzene rings is 1. The lowest BCUT2D eigenvalue weighted by molar-refractivity contribution is 0.549. The normalized spacial score (nSPS) is 12.8. The third kappa shape index (κ3) is 3.93. The summed E-state index contributed by atoms with van der Waals surface area (Å²) in [6, 6.07) is 7.56. The quantitative estimate of drug-likeness (QED) is 0.766. The summed E-state index contributed by atoms with van der Waals surface area (Å²) in [7, 11) is -4.38. The predicted octanol–water partition coefficient (Wildman–Crippen LogP) is 2.83. The first-order valence-electron chi connectivity index (χ1n) is 5.21. The van der Waals surface area contributed by atoms with E-state index in [2.05, 4.69) is 20.8 Å². The molecule has 0 aliphatic heterocycles. The van der Waals surface area contributed by atoms with E-state index in [9.17, 15) is 12.3 Å². The van der Waals surface area contributed by atoms with Crippen LogP contribution in [0.3, 0.4) is 0 Å². The van der Waals surface area contributed by atoms with Crippen LogP contribution in [0.2, 0.25) is 0 Å². The molecule has 0 saturated heterocycles. The molecule has 0 heterocycles. The monoisotopic (exact) mass is 244 g/mol. The third-order valence-electron chi connectivity index (χ3n) is 2.44. The summed E-state index contributed by atoms with van der Waals surface area (Å²) < 4.78 is 33.5. The van der Waals surface area contributed by atoms with Crippen molar-refractivity contribution < 1.29 is 12.3 Å². The van der Waals surface area contributed by atoms with Crippen molar-refractivity contribution in [3.8, 4) is 0 Å². The second kappa shape index (κ2) is 4.53. The number of hydrogen-bond acceptors (Lipinski definition) is 2. The first kappa shape index (κ1) is 13.2. The molecule has 0 aromatic heterocycles. The van der Waals surface area contributed by atoms with E-state index in [4.69, 9.17) is 0 Å². The van der Waals surface area contributed by atoms with Crippen molar-refractivity contribution in [3.05, 3.63) is 35.4 Å². The molecule has 0 amide bonds. The SMILES string of the molecule is CC(C)(C)c1ccccc1CCS(=O)(=O)F. The van der Waals surface area contributed by atoms with E-state index in [1.165, 1.54) is 0 Å². The molecule has 1 aromatic rings. The van der Waals surface area contributed by atoms with Gasteiger partial charge in [-0.1, -0.05) is 45.0 Å². The molecule has 0 fully saturated rings. The Hall–Kier alpha value is -0.900. The van der Waals surface area contributed by atoms with Crippen molar-refractivity contribution in [1.29, 1.82) is 0 Å². The number of aryl methyl sites for hydroxylation is 1. The van der Waals surface area contributed by atoms with Gasteiger partial charge in [0.15, 0.2) is 0 Å². The maximum Gasteiger partial charge on any atom is 0.302 e. The van der Waals surface area contributed by atoms with Gasteiger partial charge in [0, 0.05) is 0 Å². The highest BCUT2D eigenvalue weighted by Crippen LogP contribution is 2.26. The van der Waals surface area contributed by atoms with Crippen molar-refractivity contribution in [2.45, 2.75) is 32.6 Å². The van der Waals surface area contributed by atoms with Crippen LogP contribution in [0.15, 0.2) is 24.3 Å². The Morgan fingerprint density at radius 1 is 1.19 bits per heavy atom. The first-order valence-corrected chi connectivity index (χ1v) is 6.76. The molecule has 2 nitrogen and oxygen atoms in total. The molecular weight excluding hydrogens is 227 g/mol. The van der Waals surface area contributed by atoms with Crippen LogP contribution in [0.4, 0.5) is 3.89 Å². The minimum atomic E-state index is -4.38. The fraction of sp³-hybridized carbons (Fsp3) is 0.500. The van der Waals surface area contributed by atoms with Crippen LogP contribution in [0.1, 0.15) is 31.9 Å². The fourth-order valence-corrected chi connectivity index (χ4v) is 2.17. The van der Waals surface area contributed by atoms with Crippen molar-refractivity contribution in [3.63, 3.8) is 0 Å². The summed E-state index contributed by atoms with van der Waals surface area (Å²) in [5.74, 6) is -0.444. The maximum absolute atomic E-state index is 12.5. The largest absolute Gasteiger partial charge is 0.302 e. The zero-order chi connectivity index (χ0) is 12.4. The lowest BCUT2D eigenvalue weighted by Crippen LogP contribution is -2.15. The van der Waals surface area contributed by atoms with E-state index in [1.54, 1.807) is 0 Å². The van der Waals surface area contributed by atoms with Gasteiger partial charge in [0.05, 0.1) is 5.75 Å². The highest BCUT2D eigenvalue weighted by molar-refractivity contribution is 7.86. The topological polar surface area (TPSA) is 34.1 Å². The first-order chi connectivity index (χ1) is 7.20. The van der Waals surface area contributed by atoms with Crippen LogP contribution in [0, 0.1) is 0 Å². The van der Waals surface area contributed by atoms with Gasteiger partial charge in [0.25, 0.3) is 0 Å². The minimum absolute atomic E-state index is 0.0589. The van der Waals surface area contributed by atoms with Crippen molar-refractivity contribution in [2.75, 3.05) is 5.75 Å². The van der Waals surface area contributed by atoms with E-state index >= 15 is 0 Å². The number of rotatable bonds is 3. The second-order valence-electron chi connectivity index (χ2n) is 4.90. The van der Waals surface area contributed by atoms with E-state index in [0.717, 1.165) is 11.1 Å². The molecule has 0 spiro atoms. The van der Waals surface area contributed by atoms with Gasteiger partial charge in [-0.25, -0.2) is 0 Å².